The third-order valence-corrected chi connectivity index (χ3v) is 5.01. The van der Waals surface area contributed by atoms with E-state index in [2.05, 4.69) is 17.4 Å². The summed E-state index contributed by atoms with van der Waals surface area (Å²) in [5.41, 5.74) is 1.38. The summed E-state index contributed by atoms with van der Waals surface area (Å²) in [4.78, 5) is 14.0. The molecule has 3 nitrogen and oxygen atoms in total. The lowest BCUT2D eigenvalue weighted by Crippen LogP contribution is -2.38. The Labute approximate surface area is 157 Å². The van der Waals surface area contributed by atoms with Crippen LogP contribution in [0, 0.1) is 0 Å². The van der Waals surface area contributed by atoms with E-state index in [1.807, 2.05) is 18.2 Å². The molecule has 0 spiro atoms. The number of likely N-dealkylation sites (N-methyl/N-ethyl adjacent to an activating group) is 1. The molecule has 0 heterocycles. The van der Waals surface area contributed by atoms with Crippen molar-refractivity contribution in [1.82, 2.24) is 10.2 Å². The highest BCUT2D eigenvalue weighted by atomic mass is 19.4. The molecule has 1 N–H and O–H groups in total. The zero-order valence-corrected chi connectivity index (χ0v) is 15.2. The molecule has 1 fully saturated rings. The van der Waals surface area contributed by atoms with Crippen LogP contribution in [0.25, 0.3) is 0 Å². The fourth-order valence-electron chi connectivity index (χ4n) is 3.25. The fourth-order valence-corrected chi connectivity index (χ4v) is 3.25. The van der Waals surface area contributed by atoms with Crippen LogP contribution in [-0.4, -0.2) is 30.9 Å². The van der Waals surface area contributed by atoms with Crippen molar-refractivity contribution < 1.29 is 18.0 Å². The van der Waals surface area contributed by atoms with E-state index in [-0.39, 0.29) is 17.9 Å². The third kappa shape index (κ3) is 5.10. The van der Waals surface area contributed by atoms with E-state index in [1.54, 1.807) is 11.9 Å². The molecule has 1 aliphatic carbocycles. The van der Waals surface area contributed by atoms with Crippen LogP contribution >= 0.6 is 0 Å². The van der Waals surface area contributed by atoms with Crippen molar-refractivity contribution in [1.29, 1.82) is 0 Å². The summed E-state index contributed by atoms with van der Waals surface area (Å²) in [6.45, 7) is 1.23. The Kier molecular flexibility index (Phi) is 5.56. The van der Waals surface area contributed by atoms with Gasteiger partial charge in [0.1, 0.15) is 0 Å². The first-order valence-electron chi connectivity index (χ1n) is 8.95. The number of benzene rings is 2. The second-order valence-electron chi connectivity index (χ2n) is 7.29. The maximum absolute atomic E-state index is 12.6. The highest BCUT2D eigenvalue weighted by Crippen LogP contribution is 2.47. The topological polar surface area (TPSA) is 32.3 Å². The molecule has 1 saturated carbocycles. The van der Waals surface area contributed by atoms with Crippen molar-refractivity contribution in [2.75, 3.05) is 20.1 Å². The summed E-state index contributed by atoms with van der Waals surface area (Å²) < 4.78 is 37.8. The Morgan fingerprint density at radius 1 is 1.07 bits per heavy atom. The van der Waals surface area contributed by atoms with Gasteiger partial charge in [-0.25, -0.2) is 0 Å². The molecule has 1 aliphatic rings. The van der Waals surface area contributed by atoms with Crippen molar-refractivity contribution in [3.63, 3.8) is 0 Å². The van der Waals surface area contributed by atoms with Crippen LogP contribution in [0.1, 0.15) is 29.5 Å². The number of amides is 1. The lowest BCUT2D eigenvalue weighted by molar-refractivity contribution is -0.137. The minimum absolute atomic E-state index is 0.0584. The van der Waals surface area contributed by atoms with Crippen LogP contribution in [0.4, 0.5) is 13.2 Å². The quantitative estimate of drug-likeness (QED) is 0.793. The number of hydrogen-bond donors (Lipinski definition) is 1. The molecule has 0 aliphatic heterocycles. The molecular formula is C21H23F3N2O. The highest BCUT2D eigenvalue weighted by molar-refractivity contribution is 5.78. The van der Waals surface area contributed by atoms with E-state index < -0.39 is 11.7 Å². The summed E-state index contributed by atoms with van der Waals surface area (Å²) in [6, 6.07) is 15.2. The van der Waals surface area contributed by atoms with Gasteiger partial charge in [-0.05, 0) is 43.1 Å². The first-order valence-corrected chi connectivity index (χ1v) is 8.95. The zero-order valence-electron chi connectivity index (χ0n) is 15.2. The molecule has 0 bridgehead atoms. The van der Waals surface area contributed by atoms with E-state index in [0.717, 1.165) is 30.5 Å². The van der Waals surface area contributed by atoms with Crippen molar-refractivity contribution in [2.24, 2.45) is 0 Å². The predicted octanol–water partition coefficient (Wildman–Crippen LogP) is 3.99. The van der Waals surface area contributed by atoms with Gasteiger partial charge in [-0.15, -0.1) is 0 Å². The summed E-state index contributed by atoms with van der Waals surface area (Å²) in [5.74, 6) is -0.0772. The van der Waals surface area contributed by atoms with Crippen LogP contribution in [0.3, 0.4) is 0 Å². The van der Waals surface area contributed by atoms with Gasteiger partial charge < -0.3 is 5.32 Å². The number of carbonyl (C=O) groups excluding carboxylic acids is 1. The number of carbonyl (C=O) groups is 1. The number of halogens is 3. The Balaban J connectivity index is 1.47. The number of nitrogens with one attached hydrogen (secondary N) is 1. The SMILES string of the molecule is CN(CC(=O)NCC1(c2ccccc2)CC1)Cc1ccc(C(F)(F)F)cc1. The maximum atomic E-state index is 12.6. The minimum Gasteiger partial charge on any atom is -0.354 e. The van der Waals surface area contributed by atoms with Gasteiger partial charge in [0, 0.05) is 18.5 Å². The first-order chi connectivity index (χ1) is 12.8. The normalized spacial score (nSPS) is 15.6. The van der Waals surface area contributed by atoms with Crippen molar-refractivity contribution >= 4 is 5.91 Å². The largest absolute Gasteiger partial charge is 0.416 e. The molecular weight excluding hydrogens is 353 g/mol. The Morgan fingerprint density at radius 2 is 1.70 bits per heavy atom. The van der Waals surface area contributed by atoms with Crippen LogP contribution in [0.5, 0.6) is 0 Å². The molecule has 2 aromatic rings. The number of alkyl halides is 3. The van der Waals surface area contributed by atoms with Crippen molar-refractivity contribution in [3.05, 3.63) is 71.3 Å². The second-order valence-corrected chi connectivity index (χ2v) is 7.29. The molecule has 0 aromatic heterocycles. The summed E-state index contributed by atoms with van der Waals surface area (Å²) in [7, 11) is 1.78. The van der Waals surface area contributed by atoms with Crippen molar-refractivity contribution in [3.8, 4) is 0 Å². The Morgan fingerprint density at radius 3 is 2.26 bits per heavy atom. The molecule has 1 amide bonds. The maximum Gasteiger partial charge on any atom is 0.416 e. The van der Waals surface area contributed by atoms with Gasteiger partial charge in [-0.3, -0.25) is 9.69 Å². The van der Waals surface area contributed by atoms with Crippen LogP contribution in [-0.2, 0) is 22.9 Å². The van der Waals surface area contributed by atoms with Crippen LogP contribution in [0.15, 0.2) is 54.6 Å². The lowest BCUT2D eigenvalue weighted by atomic mass is 9.96. The first kappa shape index (κ1) is 19.4. The summed E-state index contributed by atoms with van der Waals surface area (Å²) in [6.07, 6.45) is -2.20. The van der Waals surface area contributed by atoms with Gasteiger partial charge in [0.15, 0.2) is 0 Å². The van der Waals surface area contributed by atoms with E-state index in [0.29, 0.717) is 13.1 Å². The van der Waals surface area contributed by atoms with Gasteiger partial charge in [0.2, 0.25) is 5.91 Å². The minimum atomic E-state index is -4.33. The monoisotopic (exact) mass is 376 g/mol. The second kappa shape index (κ2) is 7.72. The number of hydrogen-bond acceptors (Lipinski definition) is 2. The number of rotatable bonds is 7. The summed E-state index contributed by atoms with van der Waals surface area (Å²) in [5, 5.41) is 3.00. The van der Waals surface area contributed by atoms with Crippen LogP contribution < -0.4 is 5.32 Å². The van der Waals surface area contributed by atoms with Gasteiger partial charge in [-0.2, -0.15) is 13.2 Å². The molecule has 0 unspecified atom stereocenters. The van der Waals surface area contributed by atoms with Gasteiger partial charge in [0.05, 0.1) is 12.1 Å². The lowest BCUT2D eigenvalue weighted by Gasteiger charge is -2.20. The van der Waals surface area contributed by atoms with E-state index >= 15 is 0 Å². The molecule has 27 heavy (non-hydrogen) atoms. The average molecular weight is 376 g/mol. The van der Waals surface area contributed by atoms with Crippen molar-refractivity contribution in [2.45, 2.75) is 31.0 Å². The molecule has 3 rings (SSSR count). The van der Waals surface area contributed by atoms with E-state index in [9.17, 15) is 18.0 Å². The van der Waals surface area contributed by atoms with Gasteiger partial charge >= 0.3 is 6.18 Å². The molecule has 6 heteroatoms. The predicted molar refractivity (Wildman–Crippen MR) is 98.1 cm³/mol. The summed E-state index contributed by atoms with van der Waals surface area (Å²) >= 11 is 0. The Hall–Kier alpha value is -2.34. The Bertz CT molecular complexity index is 768. The molecule has 0 atom stereocenters. The van der Waals surface area contributed by atoms with Crippen LogP contribution in [0.2, 0.25) is 0 Å². The standard InChI is InChI=1S/C21H23F3N2O/c1-26(13-16-7-9-18(10-8-16)21(22,23)24)14-19(27)25-15-20(11-12-20)17-5-3-2-4-6-17/h2-10H,11-15H2,1H3,(H,25,27). The fraction of sp³-hybridized carbons (Fsp3) is 0.381. The molecule has 0 radical (unpaired) electrons. The average Bonchev–Trinajstić information content (AvgIpc) is 3.42. The highest BCUT2D eigenvalue weighted by Gasteiger charge is 2.44. The zero-order chi connectivity index (χ0) is 19.5. The van der Waals surface area contributed by atoms with Gasteiger partial charge in [0.25, 0.3) is 0 Å². The molecule has 2 aromatic carbocycles. The molecule has 0 saturated heterocycles. The van der Waals surface area contributed by atoms with Gasteiger partial charge in [-0.1, -0.05) is 42.5 Å². The number of nitrogens with zero attached hydrogens (tertiary/aromatic N) is 1. The molecule has 144 valence electrons. The van der Waals surface area contributed by atoms with E-state index in [4.69, 9.17) is 0 Å². The smallest absolute Gasteiger partial charge is 0.354 e. The third-order valence-electron chi connectivity index (χ3n) is 5.01. The van der Waals surface area contributed by atoms with E-state index in [1.165, 1.54) is 17.7 Å².